The average molecular weight is 660 g/mol. The first-order valence-corrected chi connectivity index (χ1v) is 17.7. The molecule has 4 nitrogen and oxygen atoms in total. The van der Waals surface area contributed by atoms with Crippen LogP contribution >= 0.6 is 11.3 Å². The standard InChI is InChI=1S/C45H29N3OS/c1-4-14-28(15-5-1)31-26-27-33(42-40(31)34-20-10-11-25-38(34)50-42)32-21-12-22-35-39-36(23-13-24-37(39)49-41(32)35)45-47-43(29-16-6-2-7-17-29)46-44(48-45)30-18-8-3-9-19-30/h1-27,37,39H. The fraction of sp³-hybridized carbons (Fsp3) is 0.0444. The van der Waals surface area contributed by atoms with Crippen molar-refractivity contribution in [2.75, 3.05) is 0 Å². The third-order valence-corrected chi connectivity index (χ3v) is 10.9. The first kappa shape index (κ1) is 28.8. The minimum atomic E-state index is -0.176. The first-order valence-electron chi connectivity index (χ1n) is 16.9. The van der Waals surface area contributed by atoms with Gasteiger partial charge in [-0.2, -0.15) is 0 Å². The lowest BCUT2D eigenvalue weighted by atomic mass is 9.83. The summed E-state index contributed by atoms with van der Waals surface area (Å²) in [6, 6.07) is 50.8. The smallest absolute Gasteiger partial charge is 0.164 e. The summed E-state index contributed by atoms with van der Waals surface area (Å²) in [5.74, 6) is 2.83. The van der Waals surface area contributed by atoms with Crippen LogP contribution in [0.2, 0.25) is 0 Å². The monoisotopic (exact) mass is 659 g/mol. The Morgan fingerprint density at radius 1 is 0.520 bits per heavy atom. The Balaban J connectivity index is 1.13. The van der Waals surface area contributed by atoms with E-state index in [0.29, 0.717) is 17.5 Å². The molecular weight excluding hydrogens is 631 g/mol. The second kappa shape index (κ2) is 11.8. The van der Waals surface area contributed by atoms with Gasteiger partial charge in [0.2, 0.25) is 0 Å². The fourth-order valence-corrected chi connectivity index (χ4v) is 8.70. The molecule has 0 bridgehead atoms. The number of hydrogen-bond acceptors (Lipinski definition) is 5. The summed E-state index contributed by atoms with van der Waals surface area (Å²) < 4.78 is 9.47. The summed E-state index contributed by atoms with van der Waals surface area (Å²) in [5.41, 5.74) is 8.83. The van der Waals surface area contributed by atoms with Gasteiger partial charge in [-0.1, -0.05) is 152 Å². The fourth-order valence-electron chi connectivity index (χ4n) is 7.44. The predicted molar refractivity (Wildman–Crippen MR) is 205 cm³/mol. The highest BCUT2D eigenvalue weighted by atomic mass is 32.1. The maximum absolute atomic E-state index is 6.92. The summed E-state index contributed by atoms with van der Waals surface area (Å²) in [6.07, 6.45) is 6.20. The second-order valence-electron chi connectivity index (χ2n) is 12.7. The molecule has 10 rings (SSSR count). The van der Waals surface area contributed by atoms with E-state index in [1.165, 1.54) is 36.9 Å². The highest BCUT2D eigenvalue weighted by molar-refractivity contribution is 7.26. The molecule has 0 N–H and O–H groups in total. The number of allylic oxidation sites excluding steroid dienone is 2. The van der Waals surface area contributed by atoms with Crippen LogP contribution in [0.25, 0.3) is 70.8 Å². The summed E-state index contributed by atoms with van der Waals surface area (Å²) >= 11 is 1.85. The first-order chi connectivity index (χ1) is 24.8. The lowest BCUT2D eigenvalue weighted by Crippen LogP contribution is -2.20. The van der Waals surface area contributed by atoms with E-state index in [0.717, 1.165) is 33.6 Å². The third kappa shape index (κ3) is 4.70. The number of fused-ring (bicyclic) bond motifs is 6. The molecule has 0 amide bonds. The van der Waals surface area contributed by atoms with Crippen molar-refractivity contribution >= 4 is 37.1 Å². The Bertz CT molecular complexity index is 2570. The molecule has 5 heteroatoms. The zero-order chi connectivity index (χ0) is 33.0. The maximum Gasteiger partial charge on any atom is 0.164 e. The molecule has 0 saturated heterocycles. The van der Waals surface area contributed by atoms with Crippen molar-refractivity contribution in [1.29, 1.82) is 0 Å². The Hall–Kier alpha value is -6.17. The van der Waals surface area contributed by atoms with Crippen molar-refractivity contribution in [1.82, 2.24) is 15.0 Å². The lowest BCUT2D eigenvalue weighted by Gasteiger charge is -2.22. The van der Waals surface area contributed by atoms with Crippen LogP contribution in [0.4, 0.5) is 0 Å². The molecule has 236 valence electrons. The molecule has 50 heavy (non-hydrogen) atoms. The van der Waals surface area contributed by atoms with Gasteiger partial charge in [-0.25, -0.2) is 15.0 Å². The molecule has 3 heterocycles. The molecule has 2 atom stereocenters. The molecule has 1 aliphatic carbocycles. The molecule has 1 aliphatic heterocycles. The van der Waals surface area contributed by atoms with Gasteiger partial charge in [0.15, 0.2) is 17.5 Å². The van der Waals surface area contributed by atoms with Gasteiger partial charge in [-0.05, 0) is 23.3 Å². The van der Waals surface area contributed by atoms with Gasteiger partial charge >= 0.3 is 0 Å². The minimum Gasteiger partial charge on any atom is -0.484 e. The topological polar surface area (TPSA) is 47.9 Å². The van der Waals surface area contributed by atoms with Gasteiger partial charge in [0.25, 0.3) is 0 Å². The molecule has 2 aliphatic rings. The number of benzene rings is 6. The number of ether oxygens (including phenoxy) is 1. The van der Waals surface area contributed by atoms with Crippen molar-refractivity contribution in [3.05, 3.63) is 175 Å². The van der Waals surface area contributed by atoms with E-state index < -0.39 is 0 Å². The second-order valence-corrected chi connectivity index (χ2v) is 13.7. The van der Waals surface area contributed by atoms with Crippen molar-refractivity contribution in [2.24, 2.45) is 0 Å². The van der Waals surface area contributed by atoms with Gasteiger partial charge in [0.05, 0.1) is 5.92 Å². The predicted octanol–water partition coefficient (Wildman–Crippen LogP) is 11.4. The minimum absolute atomic E-state index is 0.0638. The van der Waals surface area contributed by atoms with Gasteiger partial charge in [-0.15, -0.1) is 11.3 Å². The van der Waals surface area contributed by atoms with Crippen LogP contribution in [-0.2, 0) is 0 Å². The largest absolute Gasteiger partial charge is 0.484 e. The van der Waals surface area contributed by atoms with Crippen molar-refractivity contribution in [3.8, 4) is 50.8 Å². The van der Waals surface area contributed by atoms with E-state index in [9.17, 15) is 0 Å². The van der Waals surface area contributed by atoms with E-state index >= 15 is 0 Å². The molecule has 2 aromatic heterocycles. The van der Waals surface area contributed by atoms with Gasteiger partial charge in [0, 0.05) is 53.6 Å². The molecule has 0 saturated carbocycles. The van der Waals surface area contributed by atoms with E-state index in [2.05, 4.69) is 103 Å². The molecule has 0 radical (unpaired) electrons. The van der Waals surface area contributed by atoms with Gasteiger partial charge in [0.1, 0.15) is 11.9 Å². The van der Waals surface area contributed by atoms with Crippen LogP contribution in [0.1, 0.15) is 17.3 Å². The lowest BCUT2D eigenvalue weighted by molar-refractivity contribution is 0.272. The number of nitrogens with zero attached hydrogens (tertiary/aromatic N) is 3. The maximum atomic E-state index is 6.92. The van der Waals surface area contributed by atoms with E-state index in [1.807, 2.05) is 72.0 Å². The normalized spacial score (nSPS) is 16.2. The Labute approximate surface area is 293 Å². The molecule has 6 aromatic carbocycles. The van der Waals surface area contributed by atoms with Crippen molar-refractivity contribution in [2.45, 2.75) is 12.0 Å². The highest BCUT2D eigenvalue weighted by Gasteiger charge is 2.40. The van der Waals surface area contributed by atoms with Gasteiger partial charge in [-0.3, -0.25) is 0 Å². The van der Waals surface area contributed by atoms with E-state index in [-0.39, 0.29) is 12.0 Å². The zero-order valence-corrected chi connectivity index (χ0v) is 27.7. The summed E-state index contributed by atoms with van der Waals surface area (Å²) in [7, 11) is 0. The Morgan fingerprint density at radius 3 is 1.86 bits per heavy atom. The van der Waals surface area contributed by atoms with E-state index in [4.69, 9.17) is 19.7 Å². The molecule has 8 aromatic rings. The SMILES string of the molecule is C1=CC2Oc3c(-c4ccc(-c5ccccc5)c5c4sc4ccccc45)cccc3C2C(c2nc(-c3ccccc3)nc(-c3ccccc3)n2)=C1. The third-order valence-electron chi connectivity index (χ3n) is 9.73. The van der Waals surface area contributed by atoms with Crippen molar-refractivity contribution in [3.63, 3.8) is 0 Å². The summed E-state index contributed by atoms with van der Waals surface area (Å²) in [6.45, 7) is 0. The molecule has 0 spiro atoms. The van der Waals surface area contributed by atoms with Crippen molar-refractivity contribution < 1.29 is 4.74 Å². The number of hydrogen-bond donors (Lipinski definition) is 0. The Kier molecular flexibility index (Phi) is 6.78. The number of para-hydroxylation sites is 1. The molecular formula is C45H29N3OS. The molecule has 0 fully saturated rings. The summed E-state index contributed by atoms with van der Waals surface area (Å²) in [4.78, 5) is 15.1. The number of rotatable bonds is 5. The van der Waals surface area contributed by atoms with Crippen LogP contribution in [-0.4, -0.2) is 21.1 Å². The number of aromatic nitrogens is 3. The average Bonchev–Trinajstić information content (AvgIpc) is 3.78. The quantitative estimate of drug-likeness (QED) is 0.184. The molecule has 2 unspecified atom stereocenters. The Morgan fingerprint density at radius 2 is 1.14 bits per heavy atom. The van der Waals surface area contributed by atoms with Crippen LogP contribution in [0, 0.1) is 0 Å². The van der Waals surface area contributed by atoms with Gasteiger partial charge < -0.3 is 4.74 Å². The highest BCUT2D eigenvalue weighted by Crippen LogP contribution is 2.53. The number of thiophene rings is 1. The zero-order valence-electron chi connectivity index (χ0n) is 26.9. The van der Waals surface area contributed by atoms with Crippen LogP contribution in [0.15, 0.2) is 164 Å². The van der Waals surface area contributed by atoms with Crippen LogP contribution in [0.5, 0.6) is 5.75 Å². The van der Waals surface area contributed by atoms with Crippen LogP contribution < -0.4 is 4.74 Å². The van der Waals surface area contributed by atoms with E-state index in [1.54, 1.807) is 0 Å². The summed E-state index contributed by atoms with van der Waals surface area (Å²) in [5, 5.41) is 2.57. The van der Waals surface area contributed by atoms with Crippen LogP contribution in [0.3, 0.4) is 0 Å².